The first kappa shape index (κ1) is 21.1. The van der Waals surface area contributed by atoms with Crippen LogP contribution < -0.4 is 9.64 Å². The Morgan fingerprint density at radius 2 is 2.09 bits per heavy atom. The first-order valence-corrected chi connectivity index (χ1v) is 9.93. The second-order valence-electron chi connectivity index (χ2n) is 7.03. The van der Waals surface area contributed by atoms with Gasteiger partial charge in [-0.15, -0.1) is 0 Å². The Hall–Kier alpha value is -4.14. The van der Waals surface area contributed by atoms with E-state index in [0.717, 1.165) is 5.56 Å². The predicted molar refractivity (Wildman–Crippen MR) is 115 cm³/mol. The summed E-state index contributed by atoms with van der Waals surface area (Å²) in [5.74, 6) is 0.981. The SMILES string of the molecule is C=CCOC(=O)c1cccc(OCC2CN(c3ccc(-c4noc(C)n4)cc3)C(=O)O2)c1. The van der Waals surface area contributed by atoms with E-state index < -0.39 is 18.2 Å². The van der Waals surface area contributed by atoms with Crippen LogP contribution in [0.5, 0.6) is 5.75 Å². The van der Waals surface area contributed by atoms with Gasteiger partial charge < -0.3 is 18.7 Å². The van der Waals surface area contributed by atoms with Gasteiger partial charge in [0.1, 0.15) is 19.0 Å². The molecule has 3 aromatic rings. The molecule has 2 heterocycles. The molecule has 1 amide bonds. The van der Waals surface area contributed by atoms with Gasteiger partial charge in [-0.3, -0.25) is 4.90 Å². The number of esters is 1. The van der Waals surface area contributed by atoms with E-state index in [9.17, 15) is 9.59 Å². The highest BCUT2D eigenvalue weighted by atomic mass is 16.6. The van der Waals surface area contributed by atoms with Gasteiger partial charge in [0, 0.05) is 18.2 Å². The van der Waals surface area contributed by atoms with E-state index in [-0.39, 0.29) is 13.2 Å². The number of nitrogens with zero attached hydrogens (tertiary/aromatic N) is 3. The third kappa shape index (κ3) is 4.77. The van der Waals surface area contributed by atoms with Crippen molar-refractivity contribution in [3.8, 4) is 17.1 Å². The molecule has 0 bridgehead atoms. The first-order valence-electron chi connectivity index (χ1n) is 9.93. The van der Waals surface area contributed by atoms with Gasteiger partial charge in [-0.1, -0.05) is 23.9 Å². The highest BCUT2D eigenvalue weighted by Crippen LogP contribution is 2.25. The monoisotopic (exact) mass is 435 g/mol. The molecular weight excluding hydrogens is 414 g/mol. The minimum Gasteiger partial charge on any atom is -0.490 e. The number of aromatic nitrogens is 2. The van der Waals surface area contributed by atoms with E-state index in [0.29, 0.717) is 35.3 Å². The van der Waals surface area contributed by atoms with Crippen molar-refractivity contribution in [3.63, 3.8) is 0 Å². The van der Waals surface area contributed by atoms with Crippen molar-refractivity contribution in [2.75, 3.05) is 24.7 Å². The van der Waals surface area contributed by atoms with Crippen LogP contribution in [-0.2, 0) is 9.47 Å². The van der Waals surface area contributed by atoms with Gasteiger partial charge in [-0.05, 0) is 42.5 Å². The number of anilines is 1. The molecule has 1 atom stereocenters. The van der Waals surface area contributed by atoms with Crippen molar-refractivity contribution in [2.45, 2.75) is 13.0 Å². The van der Waals surface area contributed by atoms with Crippen LogP contribution in [0.25, 0.3) is 11.4 Å². The van der Waals surface area contributed by atoms with Gasteiger partial charge in [0.2, 0.25) is 11.7 Å². The van der Waals surface area contributed by atoms with Crippen molar-refractivity contribution in [1.29, 1.82) is 0 Å². The number of aryl methyl sites for hydroxylation is 1. The molecule has 1 fully saturated rings. The van der Waals surface area contributed by atoms with Gasteiger partial charge >= 0.3 is 12.1 Å². The Morgan fingerprint density at radius 1 is 1.28 bits per heavy atom. The summed E-state index contributed by atoms with van der Waals surface area (Å²) in [6.45, 7) is 5.85. The molecular formula is C23H21N3O6. The Morgan fingerprint density at radius 3 is 2.81 bits per heavy atom. The number of benzene rings is 2. The van der Waals surface area contributed by atoms with Gasteiger partial charge in [0.25, 0.3) is 0 Å². The predicted octanol–water partition coefficient (Wildman–Crippen LogP) is 3.79. The minimum absolute atomic E-state index is 0.132. The molecule has 0 N–H and O–H groups in total. The van der Waals surface area contributed by atoms with Crippen LogP contribution in [0.2, 0.25) is 0 Å². The second-order valence-corrected chi connectivity index (χ2v) is 7.03. The van der Waals surface area contributed by atoms with Crippen molar-refractivity contribution >= 4 is 17.7 Å². The summed E-state index contributed by atoms with van der Waals surface area (Å²) in [4.78, 5) is 30.0. The molecule has 1 unspecified atom stereocenters. The zero-order chi connectivity index (χ0) is 22.5. The summed E-state index contributed by atoms with van der Waals surface area (Å²) in [6.07, 6.45) is 0.583. The van der Waals surface area contributed by atoms with E-state index in [1.54, 1.807) is 43.3 Å². The molecule has 0 spiro atoms. The van der Waals surface area contributed by atoms with Gasteiger partial charge in [0.15, 0.2) is 6.10 Å². The van der Waals surface area contributed by atoms with Gasteiger partial charge in [-0.2, -0.15) is 4.98 Å². The highest BCUT2D eigenvalue weighted by molar-refractivity contribution is 5.90. The van der Waals surface area contributed by atoms with Crippen LogP contribution in [0.3, 0.4) is 0 Å². The fourth-order valence-electron chi connectivity index (χ4n) is 3.15. The lowest BCUT2D eigenvalue weighted by atomic mass is 10.2. The maximum absolute atomic E-state index is 12.3. The number of hydrogen-bond donors (Lipinski definition) is 0. The standard InChI is InChI=1S/C23H21N3O6/c1-3-11-29-22(27)17-5-4-6-19(12-17)30-14-20-13-26(23(28)31-20)18-9-7-16(8-10-18)21-24-15(2)32-25-21/h3-10,12,20H,1,11,13-14H2,2H3. The van der Waals surface area contributed by atoms with Crippen molar-refractivity contribution in [3.05, 3.63) is 72.6 Å². The fraction of sp³-hybridized carbons (Fsp3) is 0.217. The number of rotatable bonds is 8. The van der Waals surface area contributed by atoms with Gasteiger partial charge in [0.05, 0.1) is 12.1 Å². The topological polar surface area (TPSA) is 104 Å². The normalized spacial score (nSPS) is 15.3. The van der Waals surface area contributed by atoms with Crippen molar-refractivity contribution in [2.24, 2.45) is 0 Å². The van der Waals surface area contributed by atoms with E-state index in [1.165, 1.54) is 11.0 Å². The van der Waals surface area contributed by atoms with E-state index in [4.69, 9.17) is 18.7 Å². The lowest BCUT2D eigenvalue weighted by molar-refractivity contribution is 0.0549. The van der Waals surface area contributed by atoms with Crippen LogP contribution >= 0.6 is 0 Å². The molecule has 9 nitrogen and oxygen atoms in total. The van der Waals surface area contributed by atoms with Gasteiger partial charge in [-0.25, -0.2) is 9.59 Å². The Bertz CT molecular complexity index is 1120. The second kappa shape index (κ2) is 9.34. The molecule has 1 aromatic heterocycles. The quantitative estimate of drug-likeness (QED) is 0.389. The van der Waals surface area contributed by atoms with Crippen LogP contribution in [-0.4, -0.2) is 48.1 Å². The van der Waals surface area contributed by atoms with Crippen LogP contribution in [0.4, 0.5) is 10.5 Å². The number of hydrogen-bond acceptors (Lipinski definition) is 8. The number of amides is 1. The summed E-state index contributed by atoms with van der Waals surface area (Å²) in [5.41, 5.74) is 1.84. The third-order valence-electron chi connectivity index (χ3n) is 4.68. The number of carbonyl (C=O) groups excluding carboxylic acids is 2. The zero-order valence-corrected chi connectivity index (χ0v) is 17.4. The Kier molecular flexibility index (Phi) is 6.16. The Balaban J connectivity index is 1.35. The third-order valence-corrected chi connectivity index (χ3v) is 4.68. The summed E-state index contributed by atoms with van der Waals surface area (Å²) in [5, 5.41) is 3.88. The maximum atomic E-state index is 12.3. The molecule has 1 aliphatic rings. The molecule has 0 radical (unpaired) electrons. The highest BCUT2D eigenvalue weighted by Gasteiger charge is 2.33. The summed E-state index contributed by atoms with van der Waals surface area (Å²) in [7, 11) is 0. The molecule has 32 heavy (non-hydrogen) atoms. The van der Waals surface area contributed by atoms with E-state index in [2.05, 4.69) is 16.7 Å². The maximum Gasteiger partial charge on any atom is 0.414 e. The fourth-order valence-corrected chi connectivity index (χ4v) is 3.15. The molecule has 164 valence electrons. The summed E-state index contributed by atoms with van der Waals surface area (Å²) >= 11 is 0. The average Bonchev–Trinajstić information content (AvgIpc) is 3.41. The lowest BCUT2D eigenvalue weighted by Gasteiger charge is -2.13. The first-order chi connectivity index (χ1) is 15.5. The van der Waals surface area contributed by atoms with Crippen molar-refractivity contribution in [1.82, 2.24) is 10.1 Å². The smallest absolute Gasteiger partial charge is 0.414 e. The number of cyclic esters (lactones) is 1. The molecule has 1 aliphatic heterocycles. The largest absolute Gasteiger partial charge is 0.490 e. The number of ether oxygens (including phenoxy) is 3. The van der Waals surface area contributed by atoms with E-state index >= 15 is 0 Å². The zero-order valence-electron chi connectivity index (χ0n) is 17.4. The molecule has 0 saturated carbocycles. The molecule has 4 rings (SSSR count). The molecule has 0 aliphatic carbocycles. The average molecular weight is 435 g/mol. The van der Waals surface area contributed by atoms with E-state index in [1.807, 2.05) is 12.1 Å². The Labute approximate surface area is 184 Å². The van der Waals surface area contributed by atoms with Crippen molar-refractivity contribution < 1.29 is 28.3 Å². The molecule has 9 heteroatoms. The molecule has 1 saturated heterocycles. The number of carbonyl (C=O) groups is 2. The van der Waals surface area contributed by atoms with Crippen LogP contribution in [0.1, 0.15) is 16.2 Å². The molecule has 2 aromatic carbocycles. The van der Waals surface area contributed by atoms with Crippen LogP contribution in [0.15, 0.2) is 65.7 Å². The minimum atomic E-state index is -0.465. The summed E-state index contributed by atoms with van der Waals surface area (Å²) in [6, 6.07) is 13.8. The van der Waals surface area contributed by atoms with Crippen LogP contribution in [0, 0.1) is 6.92 Å². The lowest BCUT2D eigenvalue weighted by Crippen LogP contribution is -2.26. The summed E-state index contributed by atoms with van der Waals surface area (Å²) < 4.78 is 21.2.